The number of anilines is 1. The van der Waals surface area contributed by atoms with E-state index in [0.717, 1.165) is 16.7 Å². The van der Waals surface area contributed by atoms with E-state index in [1.54, 1.807) is 0 Å². The third-order valence-corrected chi connectivity index (χ3v) is 4.42. The van der Waals surface area contributed by atoms with Crippen LogP contribution in [0.25, 0.3) is 0 Å². The number of halogens is 1. The Bertz CT molecular complexity index is 622. The number of benzene rings is 1. The van der Waals surface area contributed by atoms with Crippen LogP contribution in [0.5, 0.6) is 0 Å². The van der Waals surface area contributed by atoms with E-state index in [9.17, 15) is 0 Å². The third-order valence-electron chi connectivity index (χ3n) is 4.42. The van der Waals surface area contributed by atoms with Crippen LogP contribution in [0.4, 0.5) is 5.69 Å². The Hall–Kier alpha value is -0.725. The van der Waals surface area contributed by atoms with E-state index in [-0.39, 0.29) is 40.8 Å². The molecule has 1 heterocycles. The predicted octanol–water partition coefficient (Wildman–Crippen LogP) is 4.61. The normalized spacial score (nSPS) is 18.5. The summed E-state index contributed by atoms with van der Waals surface area (Å²) in [5.74, 6) is 0.505. The fraction of sp³-hybridized carbons (Fsp3) is 0.579. The van der Waals surface area contributed by atoms with Crippen LogP contribution in [-0.4, -0.2) is 23.9 Å². The van der Waals surface area contributed by atoms with Crippen LogP contribution in [0.1, 0.15) is 54.0 Å². The molecule has 0 aliphatic carbocycles. The van der Waals surface area contributed by atoms with Gasteiger partial charge in [-0.2, -0.15) is 0 Å². The average Bonchev–Trinajstić information content (AvgIpc) is 2.55. The molecule has 4 nitrogen and oxygen atoms in total. The first-order valence-electron chi connectivity index (χ1n) is 8.42. The Labute approximate surface area is 169 Å². The van der Waals surface area contributed by atoms with E-state index < -0.39 is 7.12 Å². The molecule has 1 fully saturated rings. The minimum atomic E-state index is -0.430. The highest BCUT2D eigenvalue weighted by Gasteiger charge is 2.52. The molecule has 0 atom stereocenters. The smallest absolute Gasteiger partial charge is 0.474 e. The van der Waals surface area contributed by atoms with Gasteiger partial charge in [-0.1, -0.05) is 12.1 Å². The highest BCUT2D eigenvalue weighted by molar-refractivity contribution is 14.0. The zero-order valence-electron chi connectivity index (χ0n) is 16.6. The molecule has 1 aliphatic heterocycles. The Balaban J connectivity index is 0.00000312. The number of nitrogens with one attached hydrogen (secondary N) is 1. The molecular weight excluding hydrogens is 428 g/mol. The second-order valence-corrected chi connectivity index (χ2v) is 8.44. The van der Waals surface area contributed by atoms with Gasteiger partial charge in [-0.3, -0.25) is 0 Å². The third kappa shape index (κ3) is 5.37. The molecule has 140 valence electrons. The fourth-order valence-corrected chi connectivity index (χ4v) is 2.50. The summed E-state index contributed by atoms with van der Waals surface area (Å²) in [5.41, 5.74) is 1.91. The van der Waals surface area contributed by atoms with Crippen molar-refractivity contribution in [3.8, 4) is 0 Å². The van der Waals surface area contributed by atoms with Gasteiger partial charge in [0, 0.05) is 11.2 Å². The summed E-state index contributed by atoms with van der Waals surface area (Å²) in [7, 11) is -0.430. The van der Waals surface area contributed by atoms with Crippen molar-refractivity contribution in [1.82, 2.24) is 0 Å². The van der Waals surface area contributed by atoms with Crippen molar-refractivity contribution < 1.29 is 14.0 Å². The number of hydrogen-bond acceptors (Lipinski definition) is 4. The highest BCUT2D eigenvalue weighted by Crippen LogP contribution is 2.37. The van der Waals surface area contributed by atoms with E-state index in [2.05, 4.69) is 51.7 Å². The first kappa shape index (κ1) is 22.3. The quantitative estimate of drug-likeness (QED) is 0.406. The summed E-state index contributed by atoms with van der Waals surface area (Å²) in [6.07, 6.45) is 0. The summed E-state index contributed by atoms with van der Waals surface area (Å²) < 4.78 is 18.2. The van der Waals surface area contributed by atoms with Gasteiger partial charge in [-0.25, -0.2) is 0 Å². The minimum absolute atomic E-state index is 0. The number of rotatable bonds is 4. The monoisotopic (exact) mass is 459 g/mol. The summed E-state index contributed by atoms with van der Waals surface area (Å²) in [6, 6.07) is 6.14. The maximum Gasteiger partial charge on any atom is 0.496 e. The zero-order chi connectivity index (χ0) is 18.3. The molecule has 0 unspecified atom stereocenters. The second kappa shape index (κ2) is 7.49. The Morgan fingerprint density at radius 3 is 2.12 bits per heavy atom. The summed E-state index contributed by atoms with van der Waals surface area (Å²) in [5, 5.41) is 3.26. The molecule has 1 aliphatic rings. The van der Waals surface area contributed by atoms with Crippen LogP contribution in [-0.2, 0) is 14.0 Å². The van der Waals surface area contributed by atoms with Gasteiger partial charge in [-0.15, -0.1) is 24.0 Å². The molecule has 0 saturated carbocycles. The van der Waals surface area contributed by atoms with Gasteiger partial charge >= 0.3 is 7.12 Å². The van der Waals surface area contributed by atoms with Gasteiger partial charge < -0.3 is 19.4 Å². The molecule has 0 bridgehead atoms. The van der Waals surface area contributed by atoms with Crippen LogP contribution in [0.15, 0.2) is 30.7 Å². The lowest BCUT2D eigenvalue weighted by Gasteiger charge is -2.32. The maximum atomic E-state index is 6.18. The van der Waals surface area contributed by atoms with Crippen molar-refractivity contribution in [2.75, 3.05) is 5.32 Å². The molecule has 1 N–H and O–H groups in total. The van der Waals surface area contributed by atoms with Crippen LogP contribution in [0, 0.1) is 6.92 Å². The highest BCUT2D eigenvalue weighted by atomic mass is 127. The van der Waals surface area contributed by atoms with Gasteiger partial charge in [0.15, 0.2) is 5.88 Å². The van der Waals surface area contributed by atoms with Crippen molar-refractivity contribution in [3.05, 3.63) is 36.2 Å². The summed E-state index contributed by atoms with van der Waals surface area (Å²) in [4.78, 5) is 0. The minimum Gasteiger partial charge on any atom is -0.474 e. The molecule has 1 aromatic carbocycles. The van der Waals surface area contributed by atoms with Crippen LogP contribution < -0.4 is 10.8 Å². The molecule has 1 saturated heterocycles. The van der Waals surface area contributed by atoms with Crippen molar-refractivity contribution in [3.63, 3.8) is 0 Å². The zero-order valence-corrected chi connectivity index (χ0v) is 19.0. The van der Waals surface area contributed by atoms with E-state index in [4.69, 9.17) is 14.0 Å². The maximum absolute atomic E-state index is 6.18. The van der Waals surface area contributed by atoms with E-state index in [1.165, 1.54) is 0 Å². The van der Waals surface area contributed by atoms with Crippen LogP contribution >= 0.6 is 24.0 Å². The van der Waals surface area contributed by atoms with Crippen molar-refractivity contribution in [2.24, 2.45) is 0 Å². The lowest BCUT2D eigenvalue weighted by Crippen LogP contribution is -2.41. The fourth-order valence-electron chi connectivity index (χ4n) is 2.50. The Morgan fingerprint density at radius 1 is 1.12 bits per heavy atom. The molecule has 25 heavy (non-hydrogen) atoms. The first-order valence-corrected chi connectivity index (χ1v) is 8.42. The van der Waals surface area contributed by atoms with Crippen molar-refractivity contribution in [2.45, 2.75) is 72.2 Å². The molecule has 2 rings (SSSR count). The molecule has 0 amide bonds. The summed E-state index contributed by atoms with van der Waals surface area (Å²) >= 11 is 0. The number of hydrogen-bond donors (Lipinski definition) is 1. The largest absolute Gasteiger partial charge is 0.496 e. The lowest BCUT2D eigenvalue weighted by atomic mass is 9.77. The lowest BCUT2D eigenvalue weighted by molar-refractivity contribution is 0.00578. The van der Waals surface area contributed by atoms with Gasteiger partial charge in [0.2, 0.25) is 0 Å². The summed E-state index contributed by atoms with van der Waals surface area (Å²) in [6.45, 7) is 20.2. The van der Waals surface area contributed by atoms with E-state index >= 15 is 0 Å². The SMILES string of the molecule is C=C(Nc1cc(C)ccc1B1OC(C)(C)C(C)(C)O1)OC(C)(C)C.I. The van der Waals surface area contributed by atoms with Crippen molar-refractivity contribution in [1.29, 1.82) is 0 Å². The first-order chi connectivity index (χ1) is 10.8. The molecule has 0 spiro atoms. The van der Waals surface area contributed by atoms with Gasteiger partial charge in [0.25, 0.3) is 0 Å². The van der Waals surface area contributed by atoms with Crippen molar-refractivity contribution >= 4 is 42.2 Å². The molecule has 6 heteroatoms. The number of aryl methyl sites for hydroxylation is 1. The van der Waals surface area contributed by atoms with Crippen LogP contribution in [0.2, 0.25) is 0 Å². The van der Waals surface area contributed by atoms with Crippen LogP contribution in [0.3, 0.4) is 0 Å². The standard InChI is InChI=1S/C19H30BNO3.HI/c1-13-10-11-15(20-23-18(6,7)19(8,9)24-20)16(12-13)21-14(2)22-17(3,4)5;/h10-12,21H,2H2,1,3-9H3;1H. The van der Waals surface area contributed by atoms with E-state index in [0.29, 0.717) is 5.88 Å². The average molecular weight is 459 g/mol. The second-order valence-electron chi connectivity index (χ2n) is 8.44. The van der Waals surface area contributed by atoms with Gasteiger partial charge in [-0.05, 0) is 73.6 Å². The topological polar surface area (TPSA) is 39.7 Å². The molecular formula is C19H31BINO3. The van der Waals surface area contributed by atoms with Gasteiger partial charge in [0.1, 0.15) is 5.60 Å². The molecule has 0 aromatic heterocycles. The Kier molecular flexibility index (Phi) is 6.68. The molecule has 1 aromatic rings. The van der Waals surface area contributed by atoms with E-state index in [1.807, 2.05) is 33.8 Å². The van der Waals surface area contributed by atoms with Gasteiger partial charge in [0.05, 0.1) is 11.2 Å². The molecule has 0 radical (unpaired) electrons. The Morgan fingerprint density at radius 2 is 1.64 bits per heavy atom. The number of ether oxygens (including phenoxy) is 1. The predicted molar refractivity (Wildman–Crippen MR) is 116 cm³/mol.